The quantitative estimate of drug-likeness (QED) is 0.883. The Labute approximate surface area is 153 Å². The van der Waals surface area contributed by atoms with E-state index in [-0.39, 0.29) is 5.79 Å². The molecule has 0 amide bonds. The van der Waals surface area contributed by atoms with Crippen molar-refractivity contribution in [3.05, 3.63) is 36.5 Å². The van der Waals surface area contributed by atoms with Crippen LogP contribution in [0.25, 0.3) is 0 Å². The van der Waals surface area contributed by atoms with Crippen LogP contribution in [0.3, 0.4) is 0 Å². The first-order chi connectivity index (χ1) is 12.8. The van der Waals surface area contributed by atoms with Gasteiger partial charge in [0, 0.05) is 37.8 Å². The Bertz CT molecular complexity index is 722. The fourth-order valence-corrected chi connectivity index (χ4v) is 3.38. The van der Waals surface area contributed by atoms with Gasteiger partial charge in [-0.15, -0.1) is 0 Å². The van der Waals surface area contributed by atoms with Crippen LogP contribution in [0.15, 0.2) is 36.5 Å². The van der Waals surface area contributed by atoms with Crippen LogP contribution in [-0.4, -0.2) is 48.7 Å². The number of hydrogen-bond donors (Lipinski definition) is 1. The van der Waals surface area contributed by atoms with Crippen molar-refractivity contribution in [1.82, 2.24) is 9.97 Å². The molecule has 2 aromatic rings. The molecule has 2 aliphatic heterocycles. The van der Waals surface area contributed by atoms with Crippen molar-refractivity contribution in [3.63, 3.8) is 0 Å². The summed E-state index contributed by atoms with van der Waals surface area (Å²) in [5, 5.41) is 3.25. The minimum atomic E-state index is -0.368. The Morgan fingerprint density at radius 2 is 1.85 bits per heavy atom. The molecule has 0 aliphatic carbocycles. The van der Waals surface area contributed by atoms with E-state index >= 15 is 0 Å². The first-order valence-corrected chi connectivity index (χ1v) is 9.12. The van der Waals surface area contributed by atoms with Crippen LogP contribution in [0.2, 0.25) is 0 Å². The highest BCUT2D eigenvalue weighted by Crippen LogP contribution is 2.32. The summed E-state index contributed by atoms with van der Waals surface area (Å²) in [5.41, 5.74) is 0.927. The molecule has 2 aliphatic rings. The fraction of sp³-hybridized carbons (Fsp3) is 0.474. The predicted octanol–water partition coefficient (Wildman–Crippen LogP) is 2.96. The third-order valence-corrected chi connectivity index (χ3v) is 4.73. The molecular formula is C19H24N4O3. The lowest BCUT2D eigenvalue weighted by atomic mass is 10.0. The highest BCUT2D eigenvalue weighted by atomic mass is 16.7. The van der Waals surface area contributed by atoms with Crippen molar-refractivity contribution in [1.29, 1.82) is 0 Å². The van der Waals surface area contributed by atoms with Gasteiger partial charge in [0.25, 0.3) is 0 Å². The van der Waals surface area contributed by atoms with E-state index in [1.165, 1.54) is 0 Å². The highest BCUT2D eigenvalue weighted by Gasteiger charge is 2.40. The van der Waals surface area contributed by atoms with E-state index in [9.17, 15) is 0 Å². The third kappa shape index (κ3) is 3.73. The van der Waals surface area contributed by atoms with Crippen LogP contribution >= 0.6 is 0 Å². The van der Waals surface area contributed by atoms with Crippen molar-refractivity contribution in [2.75, 3.05) is 43.1 Å². The van der Waals surface area contributed by atoms with Crippen molar-refractivity contribution < 1.29 is 14.2 Å². The molecule has 1 aromatic heterocycles. The van der Waals surface area contributed by atoms with Gasteiger partial charge in [0.15, 0.2) is 5.79 Å². The molecule has 0 saturated carbocycles. The molecule has 4 rings (SSSR count). The van der Waals surface area contributed by atoms with Gasteiger partial charge in [-0.1, -0.05) is 0 Å². The second-order valence-corrected chi connectivity index (χ2v) is 6.42. The summed E-state index contributed by atoms with van der Waals surface area (Å²) in [6, 6.07) is 9.72. The SMILES string of the molecule is CCOc1ccc(Nc2nccc(N3CCC4(CC3)OCCO4)n2)cc1. The second kappa shape index (κ2) is 7.47. The number of rotatable bonds is 5. The first-order valence-electron chi connectivity index (χ1n) is 9.12. The molecule has 1 spiro atoms. The normalized spacial score (nSPS) is 18.9. The van der Waals surface area contributed by atoms with Gasteiger partial charge in [-0.05, 0) is 37.3 Å². The average Bonchev–Trinajstić information content (AvgIpc) is 3.12. The average molecular weight is 356 g/mol. The smallest absolute Gasteiger partial charge is 0.229 e. The molecule has 1 N–H and O–H groups in total. The summed E-state index contributed by atoms with van der Waals surface area (Å²) < 4.78 is 17.0. The van der Waals surface area contributed by atoms with Gasteiger partial charge in [0.1, 0.15) is 11.6 Å². The minimum absolute atomic E-state index is 0.368. The number of piperidine rings is 1. The zero-order chi connectivity index (χ0) is 17.8. The van der Waals surface area contributed by atoms with Crippen LogP contribution in [0.1, 0.15) is 19.8 Å². The summed E-state index contributed by atoms with van der Waals surface area (Å²) in [6.07, 6.45) is 3.50. The van der Waals surface area contributed by atoms with E-state index in [4.69, 9.17) is 14.2 Å². The minimum Gasteiger partial charge on any atom is -0.494 e. The zero-order valence-electron chi connectivity index (χ0n) is 15.0. The topological polar surface area (TPSA) is 68.7 Å². The second-order valence-electron chi connectivity index (χ2n) is 6.42. The molecule has 0 atom stereocenters. The molecule has 2 saturated heterocycles. The molecule has 26 heavy (non-hydrogen) atoms. The highest BCUT2D eigenvalue weighted by molar-refractivity contribution is 5.56. The Morgan fingerprint density at radius 3 is 2.54 bits per heavy atom. The summed E-state index contributed by atoms with van der Waals surface area (Å²) in [4.78, 5) is 11.2. The maximum absolute atomic E-state index is 5.79. The molecule has 2 fully saturated rings. The van der Waals surface area contributed by atoms with Crippen LogP contribution < -0.4 is 15.0 Å². The van der Waals surface area contributed by atoms with Crippen molar-refractivity contribution >= 4 is 17.5 Å². The molecule has 3 heterocycles. The van der Waals surface area contributed by atoms with Crippen molar-refractivity contribution in [2.45, 2.75) is 25.6 Å². The van der Waals surface area contributed by atoms with Gasteiger partial charge >= 0.3 is 0 Å². The number of anilines is 3. The van der Waals surface area contributed by atoms with E-state index in [1.54, 1.807) is 6.20 Å². The standard InChI is InChI=1S/C19H24N4O3/c1-2-24-16-5-3-15(4-6-16)21-18-20-10-7-17(22-18)23-11-8-19(9-12-23)25-13-14-26-19/h3-7,10H,2,8-9,11-14H2,1H3,(H,20,21,22). The van der Waals surface area contributed by atoms with Gasteiger partial charge < -0.3 is 24.4 Å². The van der Waals surface area contributed by atoms with E-state index in [2.05, 4.69) is 20.2 Å². The predicted molar refractivity (Wildman–Crippen MR) is 99.0 cm³/mol. The van der Waals surface area contributed by atoms with Crippen LogP contribution in [0, 0.1) is 0 Å². The molecule has 1 aromatic carbocycles. The molecule has 0 bridgehead atoms. The Morgan fingerprint density at radius 1 is 1.12 bits per heavy atom. The number of nitrogens with one attached hydrogen (secondary N) is 1. The lowest BCUT2D eigenvalue weighted by Crippen LogP contribution is -2.45. The summed E-state index contributed by atoms with van der Waals surface area (Å²) in [5.74, 6) is 1.99. The molecule has 0 unspecified atom stereocenters. The maximum Gasteiger partial charge on any atom is 0.229 e. The van der Waals surface area contributed by atoms with E-state index in [0.717, 1.165) is 43.2 Å². The van der Waals surface area contributed by atoms with Gasteiger partial charge in [-0.2, -0.15) is 4.98 Å². The zero-order valence-corrected chi connectivity index (χ0v) is 15.0. The van der Waals surface area contributed by atoms with Crippen LogP contribution in [0.4, 0.5) is 17.5 Å². The molecular weight excluding hydrogens is 332 g/mol. The van der Waals surface area contributed by atoms with E-state index in [0.29, 0.717) is 25.8 Å². The molecule has 7 heteroatoms. The van der Waals surface area contributed by atoms with Gasteiger partial charge in [0.2, 0.25) is 5.95 Å². The van der Waals surface area contributed by atoms with Crippen molar-refractivity contribution in [3.8, 4) is 5.75 Å². The maximum atomic E-state index is 5.79. The number of hydrogen-bond acceptors (Lipinski definition) is 7. The summed E-state index contributed by atoms with van der Waals surface area (Å²) in [7, 11) is 0. The lowest BCUT2D eigenvalue weighted by Gasteiger charge is -2.38. The molecule has 0 radical (unpaired) electrons. The Hall–Kier alpha value is -2.38. The van der Waals surface area contributed by atoms with Gasteiger partial charge in [-0.3, -0.25) is 0 Å². The Kier molecular flexibility index (Phi) is 4.90. The van der Waals surface area contributed by atoms with Crippen LogP contribution in [-0.2, 0) is 9.47 Å². The molecule has 138 valence electrons. The molecule has 7 nitrogen and oxygen atoms in total. The summed E-state index contributed by atoms with van der Waals surface area (Å²) in [6.45, 7) is 5.75. The van der Waals surface area contributed by atoms with Gasteiger partial charge in [0.05, 0.1) is 19.8 Å². The lowest BCUT2D eigenvalue weighted by molar-refractivity contribution is -0.169. The number of benzene rings is 1. The monoisotopic (exact) mass is 356 g/mol. The van der Waals surface area contributed by atoms with Crippen LogP contribution in [0.5, 0.6) is 5.75 Å². The number of ether oxygens (including phenoxy) is 3. The van der Waals surface area contributed by atoms with Gasteiger partial charge in [-0.25, -0.2) is 4.98 Å². The van der Waals surface area contributed by atoms with E-state index < -0.39 is 0 Å². The Balaban J connectivity index is 1.40. The number of aromatic nitrogens is 2. The number of nitrogens with zero attached hydrogens (tertiary/aromatic N) is 3. The van der Waals surface area contributed by atoms with Crippen molar-refractivity contribution in [2.24, 2.45) is 0 Å². The fourth-order valence-electron chi connectivity index (χ4n) is 3.38. The third-order valence-electron chi connectivity index (χ3n) is 4.73. The first kappa shape index (κ1) is 17.1. The summed E-state index contributed by atoms with van der Waals surface area (Å²) >= 11 is 0. The van der Waals surface area contributed by atoms with E-state index in [1.807, 2.05) is 37.3 Å². The largest absolute Gasteiger partial charge is 0.494 e.